The van der Waals surface area contributed by atoms with Gasteiger partial charge in [0.15, 0.2) is 11.5 Å². The quantitative estimate of drug-likeness (QED) is 0.924. The van der Waals surface area contributed by atoms with Gasteiger partial charge in [0.05, 0.1) is 0 Å². The van der Waals surface area contributed by atoms with Gasteiger partial charge in [-0.05, 0) is 24.3 Å². The summed E-state index contributed by atoms with van der Waals surface area (Å²) in [7, 11) is 0. The summed E-state index contributed by atoms with van der Waals surface area (Å²) in [6, 6.07) is 8.32. The minimum Gasteiger partial charge on any atom is -0.508 e. The van der Waals surface area contributed by atoms with Gasteiger partial charge in [0.25, 0.3) is 5.91 Å². The Morgan fingerprint density at radius 3 is 3.05 bits per heavy atom. The third-order valence-corrected chi connectivity index (χ3v) is 4.42. The molecule has 21 heavy (non-hydrogen) atoms. The van der Waals surface area contributed by atoms with Gasteiger partial charge in [-0.15, -0.1) is 0 Å². The first kappa shape index (κ1) is 14.0. The zero-order valence-electron chi connectivity index (χ0n) is 11.5. The fraction of sp³-hybridized carbons (Fsp3) is 0.333. The number of aromatic hydroxyl groups is 1. The molecular formula is C15H16N2O3S. The van der Waals surface area contributed by atoms with Gasteiger partial charge < -0.3 is 14.5 Å². The Morgan fingerprint density at radius 2 is 2.19 bits per heavy atom. The number of carbonyl (C=O) groups excluding carboxylic acids is 1. The van der Waals surface area contributed by atoms with Gasteiger partial charge in [-0.2, -0.15) is 11.8 Å². The van der Waals surface area contributed by atoms with Crippen LogP contribution in [0.4, 0.5) is 0 Å². The fourth-order valence-electron chi connectivity index (χ4n) is 2.28. The van der Waals surface area contributed by atoms with E-state index in [-0.39, 0.29) is 11.7 Å². The fourth-order valence-corrected chi connectivity index (χ4v) is 3.17. The molecule has 1 fully saturated rings. The van der Waals surface area contributed by atoms with Gasteiger partial charge >= 0.3 is 0 Å². The van der Waals surface area contributed by atoms with Crippen molar-refractivity contribution in [2.75, 3.05) is 24.6 Å². The molecule has 1 N–H and O–H groups in total. The van der Waals surface area contributed by atoms with Crippen LogP contribution < -0.4 is 0 Å². The standard InChI is InChI=1S/C15H16N2O3S/c18-12-4-1-3-11(9-12)14-10-13(16-20-14)15(19)17-5-2-7-21-8-6-17/h1,3-4,9-10,18H,2,5-8H2. The Balaban J connectivity index is 1.79. The van der Waals surface area contributed by atoms with E-state index in [9.17, 15) is 9.90 Å². The number of nitrogens with zero attached hydrogens (tertiary/aromatic N) is 2. The Labute approximate surface area is 126 Å². The van der Waals surface area contributed by atoms with Gasteiger partial charge in [-0.25, -0.2) is 0 Å². The summed E-state index contributed by atoms with van der Waals surface area (Å²) in [4.78, 5) is 14.2. The van der Waals surface area contributed by atoms with Crippen molar-refractivity contribution in [2.24, 2.45) is 0 Å². The number of amides is 1. The van der Waals surface area contributed by atoms with E-state index < -0.39 is 0 Å². The molecule has 0 saturated carbocycles. The topological polar surface area (TPSA) is 66.6 Å². The van der Waals surface area contributed by atoms with Crippen LogP contribution in [0, 0.1) is 0 Å². The van der Waals surface area contributed by atoms with Crippen LogP contribution in [0.25, 0.3) is 11.3 Å². The van der Waals surface area contributed by atoms with Crippen molar-refractivity contribution in [3.63, 3.8) is 0 Å². The predicted molar refractivity (Wildman–Crippen MR) is 81.4 cm³/mol. The summed E-state index contributed by atoms with van der Waals surface area (Å²) >= 11 is 1.87. The highest BCUT2D eigenvalue weighted by molar-refractivity contribution is 7.99. The number of thioether (sulfide) groups is 1. The van der Waals surface area contributed by atoms with E-state index >= 15 is 0 Å². The van der Waals surface area contributed by atoms with Crippen molar-refractivity contribution >= 4 is 17.7 Å². The van der Waals surface area contributed by atoms with E-state index in [4.69, 9.17) is 4.52 Å². The van der Waals surface area contributed by atoms with Gasteiger partial charge in [0.1, 0.15) is 5.75 Å². The molecule has 1 aliphatic rings. The van der Waals surface area contributed by atoms with Crippen LogP contribution in [0.15, 0.2) is 34.9 Å². The highest BCUT2D eigenvalue weighted by atomic mass is 32.2. The lowest BCUT2D eigenvalue weighted by Crippen LogP contribution is -2.33. The largest absolute Gasteiger partial charge is 0.508 e. The number of hydrogen-bond donors (Lipinski definition) is 1. The van der Waals surface area contributed by atoms with Gasteiger partial charge in [0, 0.05) is 30.5 Å². The Morgan fingerprint density at radius 1 is 1.29 bits per heavy atom. The van der Waals surface area contributed by atoms with Crippen molar-refractivity contribution < 1.29 is 14.4 Å². The normalized spacial score (nSPS) is 15.7. The number of carbonyl (C=O) groups is 1. The van der Waals surface area contributed by atoms with Crippen LogP contribution in [0.2, 0.25) is 0 Å². The second-order valence-corrected chi connectivity index (χ2v) is 6.11. The van der Waals surface area contributed by atoms with Gasteiger partial charge in [-0.1, -0.05) is 17.3 Å². The second kappa shape index (κ2) is 6.22. The number of benzene rings is 1. The third-order valence-electron chi connectivity index (χ3n) is 3.37. The molecule has 0 bridgehead atoms. The zero-order valence-corrected chi connectivity index (χ0v) is 12.3. The maximum absolute atomic E-state index is 12.4. The first-order valence-electron chi connectivity index (χ1n) is 6.87. The van der Waals surface area contributed by atoms with E-state index in [0.29, 0.717) is 17.0 Å². The lowest BCUT2D eigenvalue weighted by molar-refractivity contribution is 0.0758. The molecule has 1 amide bonds. The lowest BCUT2D eigenvalue weighted by atomic mass is 10.1. The van der Waals surface area contributed by atoms with Gasteiger partial charge in [0.2, 0.25) is 0 Å². The first-order valence-corrected chi connectivity index (χ1v) is 8.02. The minimum absolute atomic E-state index is 0.0901. The monoisotopic (exact) mass is 304 g/mol. The SMILES string of the molecule is O=C(c1cc(-c2cccc(O)c2)on1)N1CCCSCC1. The maximum Gasteiger partial charge on any atom is 0.276 e. The Kier molecular flexibility index (Phi) is 4.15. The molecule has 5 nitrogen and oxygen atoms in total. The van der Waals surface area contributed by atoms with E-state index in [1.807, 2.05) is 16.7 Å². The molecule has 0 unspecified atom stereocenters. The maximum atomic E-state index is 12.4. The smallest absolute Gasteiger partial charge is 0.276 e. The number of phenols is 1. The van der Waals surface area contributed by atoms with Crippen LogP contribution in [0.3, 0.4) is 0 Å². The summed E-state index contributed by atoms with van der Waals surface area (Å²) in [5, 5.41) is 13.4. The number of phenolic OH excluding ortho intramolecular Hbond substituents is 1. The van der Waals surface area contributed by atoms with Crippen LogP contribution in [-0.4, -0.2) is 45.7 Å². The average molecular weight is 304 g/mol. The molecule has 1 aromatic carbocycles. The molecule has 1 aromatic heterocycles. The summed E-state index contributed by atoms with van der Waals surface area (Å²) in [5.41, 5.74) is 1.02. The summed E-state index contributed by atoms with van der Waals surface area (Å²) in [6.45, 7) is 1.51. The van der Waals surface area contributed by atoms with E-state index in [2.05, 4.69) is 5.16 Å². The molecule has 0 spiro atoms. The highest BCUT2D eigenvalue weighted by Gasteiger charge is 2.21. The highest BCUT2D eigenvalue weighted by Crippen LogP contribution is 2.24. The molecule has 6 heteroatoms. The summed E-state index contributed by atoms with van der Waals surface area (Å²) in [5.74, 6) is 2.60. The molecule has 0 atom stereocenters. The Hall–Kier alpha value is -1.95. The molecule has 1 saturated heterocycles. The second-order valence-electron chi connectivity index (χ2n) is 4.88. The molecule has 0 radical (unpaired) electrons. The number of aromatic nitrogens is 1. The zero-order chi connectivity index (χ0) is 14.7. The summed E-state index contributed by atoms with van der Waals surface area (Å²) < 4.78 is 5.24. The minimum atomic E-state index is -0.0901. The van der Waals surface area contributed by atoms with Crippen molar-refractivity contribution in [3.8, 4) is 17.1 Å². The van der Waals surface area contributed by atoms with Crippen molar-refractivity contribution in [2.45, 2.75) is 6.42 Å². The van der Waals surface area contributed by atoms with Crippen LogP contribution in [0.1, 0.15) is 16.9 Å². The van der Waals surface area contributed by atoms with Crippen LogP contribution >= 0.6 is 11.8 Å². The molecule has 1 aliphatic heterocycles. The number of hydrogen-bond acceptors (Lipinski definition) is 5. The van der Waals surface area contributed by atoms with Crippen molar-refractivity contribution in [1.82, 2.24) is 10.1 Å². The molecule has 3 rings (SSSR count). The van der Waals surface area contributed by atoms with E-state index in [1.165, 1.54) is 0 Å². The van der Waals surface area contributed by atoms with E-state index in [0.717, 1.165) is 31.0 Å². The lowest BCUT2D eigenvalue weighted by Gasteiger charge is -2.17. The van der Waals surface area contributed by atoms with Crippen molar-refractivity contribution in [1.29, 1.82) is 0 Å². The molecule has 2 heterocycles. The molecule has 0 aliphatic carbocycles. The third kappa shape index (κ3) is 3.21. The van der Waals surface area contributed by atoms with Crippen molar-refractivity contribution in [3.05, 3.63) is 36.0 Å². The Bertz CT molecular complexity index is 633. The first-order chi connectivity index (χ1) is 10.2. The van der Waals surface area contributed by atoms with E-state index in [1.54, 1.807) is 30.3 Å². The average Bonchev–Trinajstić information content (AvgIpc) is 2.82. The molecule has 110 valence electrons. The molecule has 2 aromatic rings. The summed E-state index contributed by atoms with van der Waals surface area (Å²) in [6.07, 6.45) is 1.01. The number of rotatable bonds is 2. The predicted octanol–water partition coefficient (Wildman–Crippen LogP) is 2.63. The van der Waals surface area contributed by atoms with Crippen LogP contribution in [-0.2, 0) is 0 Å². The van der Waals surface area contributed by atoms with Crippen LogP contribution in [0.5, 0.6) is 5.75 Å². The molecular weight excluding hydrogens is 288 g/mol. The van der Waals surface area contributed by atoms with Gasteiger partial charge in [-0.3, -0.25) is 4.79 Å².